The predicted molar refractivity (Wildman–Crippen MR) is 109 cm³/mol. The molecule has 1 aliphatic rings. The minimum absolute atomic E-state index is 0.0399. The molecule has 28 heavy (non-hydrogen) atoms. The smallest absolute Gasteiger partial charge is 0.258 e. The van der Waals surface area contributed by atoms with Crippen LogP contribution in [-0.2, 0) is 11.2 Å². The first kappa shape index (κ1) is 18.6. The number of halogens is 2. The van der Waals surface area contributed by atoms with Crippen molar-refractivity contribution >= 4 is 38.4 Å². The van der Waals surface area contributed by atoms with Gasteiger partial charge < -0.3 is 15.2 Å². The number of carbonyl (C=O) groups is 1. The van der Waals surface area contributed by atoms with E-state index in [0.717, 1.165) is 22.5 Å². The first-order valence-electron chi connectivity index (χ1n) is 8.92. The largest absolute Gasteiger partial charge is 0.374 e. The van der Waals surface area contributed by atoms with Crippen molar-refractivity contribution in [2.24, 2.45) is 0 Å². The molecular weight excluding hydrogens is 427 g/mol. The van der Waals surface area contributed by atoms with Gasteiger partial charge in [0.15, 0.2) is 0 Å². The van der Waals surface area contributed by atoms with Gasteiger partial charge in [-0.2, -0.15) is 0 Å². The first-order valence-corrected chi connectivity index (χ1v) is 9.72. The molecule has 0 bridgehead atoms. The Morgan fingerprint density at radius 1 is 1.39 bits per heavy atom. The van der Waals surface area contributed by atoms with Crippen LogP contribution in [-0.4, -0.2) is 33.9 Å². The van der Waals surface area contributed by atoms with Crippen molar-refractivity contribution in [3.63, 3.8) is 0 Å². The van der Waals surface area contributed by atoms with Crippen molar-refractivity contribution in [2.45, 2.75) is 19.4 Å². The third kappa shape index (κ3) is 3.40. The van der Waals surface area contributed by atoms with Gasteiger partial charge in [-0.1, -0.05) is 22.0 Å². The van der Waals surface area contributed by atoms with Gasteiger partial charge in [0.25, 0.3) is 5.56 Å². The Labute approximate surface area is 168 Å². The standard InChI is InChI=1S/C20H18BrFN4O2/c1-11-14-3-2-13(21)6-12(14)4-5-26(11)19(27)9-23-18-8-17-15(7-16(18)22)20(28)25-10-24-17/h2-3,6-8,10-11,23H,4-5,9H2,1H3,(H,24,25,28). The van der Waals surface area contributed by atoms with Crippen molar-refractivity contribution in [3.8, 4) is 0 Å². The van der Waals surface area contributed by atoms with Crippen LogP contribution >= 0.6 is 15.9 Å². The fourth-order valence-electron chi connectivity index (χ4n) is 3.64. The summed E-state index contributed by atoms with van der Waals surface area (Å²) in [6.07, 6.45) is 2.05. The predicted octanol–water partition coefficient (Wildman–Crippen LogP) is 3.38. The molecule has 0 aliphatic carbocycles. The van der Waals surface area contributed by atoms with Crippen LogP contribution in [0.25, 0.3) is 10.9 Å². The number of carbonyl (C=O) groups excluding carboxylic acids is 1. The van der Waals surface area contributed by atoms with Crippen molar-refractivity contribution in [1.82, 2.24) is 14.9 Å². The number of fused-ring (bicyclic) bond motifs is 2. The number of benzene rings is 2. The van der Waals surface area contributed by atoms with Crippen LogP contribution in [0.15, 0.2) is 45.9 Å². The molecule has 8 heteroatoms. The molecule has 1 aliphatic heterocycles. The van der Waals surface area contributed by atoms with E-state index in [-0.39, 0.29) is 29.6 Å². The lowest BCUT2D eigenvalue weighted by Crippen LogP contribution is -2.41. The maximum atomic E-state index is 14.3. The SMILES string of the molecule is CC1c2ccc(Br)cc2CCN1C(=O)CNc1cc2nc[nH]c(=O)c2cc1F. The Morgan fingerprint density at radius 2 is 2.21 bits per heavy atom. The maximum absolute atomic E-state index is 14.3. The second-order valence-electron chi connectivity index (χ2n) is 6.79. The molecule has 144 valence electrons. The van der Waals surface area contributed by atoms with E-state index in [1.54, 1.807) is 4.90 Å². The molecule has 2 aromatic carbocycles. The van der Waals surface area contributed by atoms with Crippen molar-refractivity contribution < 1.29 is 9.18 Å². The average Bonchev–Trinajstić information content (AvgIpc) is 2.67. The monoisotopic (exact) mass is 444 g/mol. The van der Waals surface area contributed by atoms with E-state index in [4.69, 9.17) is 0 Å². The van der Waals surface area contributed by atoms with Gasteiger partial charge in [0.1, 0.15) is 5.82 Å². The van der Waals surface area contributed by atoms with Gasteiger partial charge in [0.2, 0.25) is 5.91 Å². The topological polar surface area (TPSA) is 78.1 Å². The molecule has 0 fully saturated rings. The highest BCUT2D eigenvalue weighted by Gasteiger charge is 2.27. The van der Waals surface area contributed by atoms with Gasteiger partial charge in [0.05, 0.1) is 35.5 Å². The summed E-state index contributed by atoms with van der Waals surface area (Å²) in [5.41, 5.74) is 2.47. The van der Waals surface area contributed by atoms with E-state index < -0.39 is 11.4 Å². The lowest BCUT2D eigenvalue weighted by Gasteiger charge is -2.35. The Hall–Kier alpha value is -2.74. The third-order valence-electron chi connectivity index (χ3n) is 5.12. The zero-order valence-corrected chi connectivity index (χ0v) is 16.7. The second kappa shape index (κ2) is 7.35. The van der Waals surface area contributed by atoms with Gasteiger partial charge in [-0.3, -0.25) is 9.59 Å². The second-order valence-corrected chi connectivity index (χ2v) is 7.71. The highest BCUT2D eigenvalue weighted by molar-refractivity contribution is 9.10. The molecule has 1 aromatic heterocycles. The molecular formula is C20H18BrFN4O2. The normalized spacial score (nSPS) is 16.1. The molecule has 2 heterocycles. The van der Waals surface area contributed by atoms with E-state index >= 15 is 0 Å². The minimum atomic E-state index is -0.597. The van der Waals surface area contributed by atoms with Crippen LogP contribution in [0.5, 0.6) is 0 Å². The number of hydrogen-bond acceptors (Lipinski definition) is 4. The minimum Gasteiger partial charge on any atom is -0.374 e. The van der Waals surface area contributed by atoms with Crippen molar-refractivity contribution in [3.05, 3.63) is 68.4 Å². The summed E-state index contributed by atoms with van der Waals surface area (Å²) in [6, 6.07) is 8.62. The fraction of sp³-hybridized carbons (Fsp3) is 0.250. The fourth-order valence-corrected chi connectivity index (χ4v) is 4.05. The molecule has 0 saturated carbocycles. The van der Waals surface area contributed by atoms with Crippen molar-refractivity contribution in [1.29, 1.82) is 0 Å². The lowest BCUT2D eigenvalue weighted by molar-refractivity contribution is -0.131. The lowest BCUT2D eigenvalue weighted by atomic mass is 9.93. The zero-order valence-electron chi connectivity index (χ0n) is 15.1. The number of hydrogen-bond donors (Lipinski definition) is 2. The van der Waals surface area contributed by atoms with Crippen LogP contribution in [0.1, 0.15) is 24.1 Å². The first-order chi connectivity index (χ1) is 13.4. The zero-order chi connectivity index (χ0) is 19.8. The van der Waals surface area contributed by atoms with E-state index in [1.165, 1.54) is 18.0 Å². The molecule has 2 N–H and O–H groups in total. The van der Waals surface area contributed by atoms with Crippen LogP contribution in [0.3, 0.4) is 0 Å². The number of aromatic nitrogens is 2. The van der Waals surface area contributed by atoms with E-state index in [0.29, 0.717) is 12.1 Å². The molecule has 1 amide bonds. The van der Waals surface area contributed by atoms with Gasteiger partial charge in [-0.05, 0) is 48.7 Å². The van der Waals surface area contributed by atoms with Gasteiger partial charge in [-0.15, -0.1) is 0 Å². The molecule has 4 rings (SSSR count). The number of rotatable bonds is 3. The Balaban J connectivity index is 1.50. The third-order valence-corrected chi connectivity index (χ3v) is 5.62. The Kier molecular flexibility index (Phi) is 4.89. The van der Waals surface area contributed by atoms with Crippen LogP contribution in [0, 0.1) is 5.82 Å². The Morgan fingerprint density at radius 3 is 3.04 bits per heavy atom. The maximum Gasteiger partial charge on any atom is 0.258 e. The van der Waals surface area contributed by atoms with E-state index in [9.17, 15) is 14.0 Å². The van der Waals surface area contributed by atoms with Crippen LogP contribution in [0.2, 0.25) is 0 Å². The van der Waals surface area contributed by atoms with Crippen LogP contribution in [0.4, 0.5) is 10.1 Å². The highest BCUT2D eigenvalue weighted by atomic mass is 79.9. The van der Waals surface area contributed by atoms with Crippen LogP contribution < -0.4 is 10.9 Å². The summed E-state index contributed by atoms with van der Waals surface area (Å²) in [5.74, 6) is -0.708. The molecule has 1 atom stereocenters. The number of H-pyrrole nitrogens is 1. The van der Waals surface area contributed by atoms with E-state index in [1.807, 2.05) is 19.1 Å². The number of nitrogens with one attached hydrogen (secondary N) is 2. The molecule has 1 unspecified atom stereocenters. The van der Waals surface area contributed by atoms with E-state index in [2.05, 4.69) is 37.3 Å². The molecule has 0 spiro atoms. The number of amides is 1. The number of aromatic amines is 1. The summed E-state index contributed by atoms with van der Waals surface area (Å²) in [7, 11) is 0. The molecule has 0 radical (unpaired) electrons. The highest BCUT2D eigenvalue weighted by Crippen LogP contribution is 2.31. The Bertz CT molecular complexity index is 1130. The van der Waals surface area contributed by atoms with Gasteiger partial charge in [0, 0.05) is 11.0 Å². The number of nitrogens with zero attached hydrogens (tertiary/aromatic N) is 2. The number of anilines is 1. The molecule has 0 saturated heterocycles. The van der Waals surface area contributed by atoms with Gasteiger partial charge >= 0.3 is 0 Å². The molecule has 6 nitrogen and oxygen atoms in total. The quantitative estimate of drug-likeness (QED) is 0.648. The summed E-state index contributed by atoms with van der Waals surface area (Å²) < 4.78 is 15.4. The summed E-state index contributed by atoms with van der Waals surface area (Å²) in [6.45, 7) is 2.57. The molecule has 3 aromatic rings. The average molecular weight is 445 g/mol. The summed E-state index contributed by atoms with van der Waals surface area (Å²) in [5, 5.41) is 3.02. The van der Waals surface area contributed by atoms with Gasteiger partial charge in [-0.25, -0.2) is 9.37 Å². The summed E-state index contributed by atoms with van der Waals surface area (Å²) in [4.78, 5) is 32.7. The van der Waals surface area contributed by atoms with Crippen molar-refractivity contribution in [2.75, 3.05) is 18.4 Å². The summed E-state index contributed by atoms with van der Waals surface area (Å²) >= 11 is 3.48.